The van der Waals surface area contributed by atoms with E-state index in [1.165, 1.54) is 11.3 Å². The van der Waals surface area contributed by atoms with Gasteiger partial charge in [-0.1, -0.05) is 0 Å². The summed E-state index contributed by atoms with van der Waals surface area (Å²) in [6.07, 6.45) is 0. The van der Waals surface area contributed by atoms with Gasteiger partial charge >= 0.3 is 0 Å². The molecule has 0 unspecified atom stereocenters. The molecule has 1 amide bonds. The molecule has 0 bridgehead atoms. The van der Waals surface area contributed by atoms with E-state index in [9.17, 15) is 18.0 Å². The summed E-state index contributed by atoms with van der Waals surface area (Å²) in [6, 6.07) is 1.62. The van der Waals surface area contributed by atoms with Crippen LogP contribution in [0.1, 0.15) is 25.9 Å². The fraction of sp³-hybridized carbons (Fsp3) is 0.231. The molecule has 3 nitrogen and oxygen atoms in total. The zero-order valence-corrected chi connectivity index (χ0v) is 11.6. The first-order valence-corrected chi connectivity index (χ1v) is 6.56. The van der Waals surface area contributed by atoms with E-state index in [4.69, 9.17) is 0 Å². The van der Waals surface area contributed by atoms with Gasteiger partial charge in [-0.15, -0.1) is 11.3 Å². The van der Waals surface area contributed by atoms with Gasteiger partial charge in [0.15, 0.2) is 17.5 Å². The van der Waals surface area contributed by atoms with Crippen LogP contribution < -0.4 is 5.32 Å². The molecule has 0 atom stereocenters. The van der Waals surface area contributed by atoms with Crippen LogP contribution in [0.2, 0.25) is 0 Å². The molecule has 1 aromatic carbocycles. The number of carbonyl (C=O) groups excluding carboxylic acids is 1. The van der Waals surface area contributed by atoms with Crippen molar-refractivity contribution in [2.24, 2.45) is 0 Å². The molecule has 1 heterocycles. The molecule has 7 heteroatoms. The number of aryl methyl sites for hydroxylation is 2. The van der Waals surface area contributed by atoms with Gasteiger partial charge in [0.05, 0.1) is 17.8 Å². The minimum Gasteiger partial charge on any atom is -0.345 e. The smallest absolute Gasteiger partial charge is 0.254 e. The summed E-state index contributed by atoms with van der Waals surface area (Å²) in [5.41, 5.74) is 0.326. The van der Waals surface area contributed by atoms with E-state index in [2.05, 4.69) is 10.3 Å². The van der Waals surface area contributed by atoms with Gasteiger partial charge in [0.25, 0.3) is 5.91 Å². The number of amides is 1. The predicted molar refractivity (Wildman–Crippen MR) is 69.1 cm³/mol. The predicted octanol–water partition coefficient (Wildman–Crippen LogP) is 3.11. The van der Waals surface area contributed by atoms with E-state index in [-0.39, 0.29) is 6.54 Å². The molecule has 1 N–H and O–H groups in total. The third-order valence-electron chi connectivity index (χ3n) is 2.75. The number of benzene rings is 1. The van der Waals surface area contributed by atoms with Crippen molar-refractivity contribution in [3.8, 4) is 0 Å². The summed E-state index contributed by atoms with van der Waals surface area (Å²) < 4.78 is 39.2. The van der Waals surface area contributed by atoms with Crippen LogP contribution in [0.3, 0.4) is 0 Å². The van der Waals surface area contributed by atoms with Crippen LogP contribution >= 0.6 is 11.3 Å². The average Bonchev–Trinajstić information content (AvgIpc) is 2.73. The molecule has 0 radical (unpaired) electrons. The molecule has 0 saturated heterocycles. The van der Waals surface area contributed by atoms with Gasteiger partial charge in [-0.3, -0.25) is 4.79 Å². The number of thiazole rings is 1. The van der Waals surface area contributed by atoms with E-state index >= 15 is 0 Å². The lowest BCUT2D eigenvalue weighted by atomic mass is 10.2. The van der Waals surface area contributed by atoms with Crippen LogP contribution in [-0.4, -0.2) is 10.9 Å². The van der Waals surface area contributed by atoms with Crippen LogP contribution in [0.15, 0.2) is 12.1 Å². The second kappa shape index (κ2) is 5.62. The Labute approximate surface area is 117 Å². The summed E-state index contributed by atoms with van der Waals surface area (Å²) in [5, 5.41) is 3.09. The molecular formula is C13H11F3N2OS. The quantitative estimate of drug-likeness (QED) is 0.885. The lowest BCUT2D eigenvalue weighted by Gasteiger charge is -2.05. The number of hydrogen-bond donors (Lipinski definition) is 1. The highest BCUT2D eigenvalue weighted by atomic mass is 32.1. The van der Waals surface area contributed by atoms with Crippen molar-refractivity contribution in [1.29, 1.82) is 0 Å². The van der Waals surface area contributed by atoms with Crippen LogP contribution in [0.25, 0.3) is 0 Å². The van der Waals surface area contributed by atoms with Gasteiger partial charge in [0.2, 0.25) is 0 Å². The maximum atomic E-state index is 13.4. The second-order valence-corrected chi connectivity index (χ2v) is 5.44. The van der Waals surface area contributed by atoms with Crippen LogP contribution in [-0.2, 0) is 6.54 Å². The number of rotatable bonds is 3. The van der Waals surface area contributed by atoms with Crippen molar-refractivity contribution in [1.82, 2.24) is 10.3 Å². The van der Waals surface area contributed by atoms with E-state index in [1.807, 2.05) is 13.8 Å². The van der Waals surface area contributed by atoms with E-state index in [1.54, 1.807) is 0 Å². The minimum atomic E-state index is -1.65. The number of nitrogens with one attached hydrogen (secondary N) is 1. The molecular weight excluding hydrogens is 289 g/mol. The van der Waals surface area contributed by atoms with Gasteiger partial charge in [0, 0.05) is 4.88 Å². The Balaban J connectivity index is 2.11. The summed E-state index contributed by atoms with van der Waals surface area (Å²) in [5.74, 6) is -5.29. The first-order chi connectivity index (χ1) is 9.40. The normalized spacial score (nSPS) is 10.7. The Kier molecular flexibility index (Phi) is 4.08. The highest BCUT2D eigenvalue weighted by Crippen LogP contribution is 2.17. The zero-order chi connectivity index (χ0) is 14.9. The molecule has 0 aliphatic heterocycles. The number of nitrogens with zero attached hydrogens (tertiary/aromatic N) is 1. The molecule has 106 valence electrons. The fourth-order valence-electron chi connectivity index (χ4n) is 1.57. The first-order valence-electron chi connectivity index (χ1n) is 5.74. The van der Waals surface area contributed by atoms with Crippen LogP contribution in [0, 0.1) is 31.3 Å². The standard InChI is InChI=1S/C13H11F3N2OS/c1-6-7(2)20-10(18-6)5-17-13(19)8-3-4-9(14)12(16)11(8)15/h3-4H,5H2,1-2H3,(H,17,19). The van der Waals surface area contributed by atoms with Gasteiger partial charge in [-0.05, 0) is 26.0 Å². The lowest BCUT2D eigenvalue weighted by molar-refractivity contribution is 0.0945. The molecule has 0 saturated carbocycles. The first kappa shape index (κ1) is 14.5. The van der Waals surface area contributed by atoms with E-state index < -0.39 is 28.9 Å². The molecule has 0 spiro atoms. The Morgan fingerprint density at radius 3 is 2.55 bits per heavy atom. The topological polar surface area (TPSA) is 42.0 Å². The van der Waals surface area contributed by atoms with Crippen molar-refractivity contribution < 1.29 is 18.0 Å². The van der Waals surface area contributed by atoms with Crippen molar-refractivity contribution in [2.75, 3.05) is 0 Å². The molecule has 20 heavy (non-hydrogen) atoms. The fourth-order valence-corrected chi connectivity index (χ4v) is 2.44. The van der Waals surface area contributed by atoms with E-state index in [0.29, 0.717) is 11.1 Å². The summed E-state index contributed by atoms with van der Waals surface area (Å²) in [6.45, 7) is 3.84. The Morgan fingerprint density at radius 1 is 1.25 bits per heavy atom. The van der Waals surface area contributed by atoms with Crippen LogP contribution in [0.5, 0.6) is 0 Å². The minimum absolute atomic E-state index is 0.108. The second-order valence-electron chi connectivity index (χ2n) is 4.15. The van der Waals surface area contributed by atoms with Crippen molar-refractivity contribution >= 4 is 17.2 Å². The highest BCUT2D eigenvalue weighted by molar-refractivity contribution is 7.11. The van der Waals surface area contributed by atoms with Crippen molar-refractivity contribution in [3.05, 3.63) is 50.7 Å². The number of aromatic nitrogens is 1. The average molecular weight is 300 g/mol. The highest BCUT2D eigenvalue weighted by Gasteiger charge is 2.18. The number of halogens is 3. The molecule has 0 aliphatic carbocycles. The molecule has 2 rings (SSSR count). The van der Waals surface area contributed by atoms with E-state index in [0.717, 1.165) is 16.6 Å². The Morgan fingerprint density at radius 2 is 1.95 bits per heavy atom. The molecule has 2 aromatic rings. The molecule has 0 aliphatic rings. The Bertz CT molecular complexity index is 650. The lowest BCUT2D eigenvalue weighted by Crippen LogP contribution is -2.24. The maximum Gasteiger partial charge on any atom is 0.254 e. The van der Waals surface area contributed by atoms with Gasteiger partial charge < -0.3 is 5.32 Å². The van der Waals surface area contributed by atoms with Crippen molar-refractivity contribution in [2.45, 2.75) is 20.4 Å². The van der Waals surface area contributed by atoms with Gasteiger partial charge in [-0.25, -0.2) is 18.2 Å². The number of carbonyl (C=O) groups is 1. The summed E-state index contributed by atoms with van der Waals surface area (Å²) in [4.78, 5) is 17.0. The SMILES string of the molecule is Cc1nc(CNC(=O)c2ccc(F)c(F)c2F)sc1C. The Hall–Kier alpha value is -1.89. The summed E-state index contributed by atoms with van der Waals surface area (Å²) in [7, 11) is 0. The maximum absolute atomic E-state index is 13.4. The van der Waals surface area contributed by atoms with Gasteiger partial charge in [0.1, 0.15) is 5.01 Å². The molecule has 0 fully saturated rings. The third-order valence-corrected chi connectivity index (χ3v) is 3.83. The van der Waals surface area contributed by atoms with Crippen molar-refractivity contribution in [3.63, 3.8) is 0 Å². The zero-order valence-electron chi connectivity index (χ0n) is 10.8. The van der Waals surface area contributed by atoms with Gasteiger partial charge in [-0.2, -0.15) is 0 Å². The third kappa shape index (κ3) is 2.82. The monoisotopic (exact) mass is 300 g/mol. The molecule has 1 aromatic heterocycles. The largest absolute Gasteiger partial charge is 0.345 e. The number of hydrogen-bond acceptors (Lipinski definition) is 3. The van der Waals surface area contributed by atoms with Crippen LogP contribution in [0.4, 0.5) is 13.2 Å². The summed E-state index contributed by atoms with van der Waals surface area (Å²) >= 11 is 1.41.